The second kappa shape index (κ2) is 6.38. The van der Waals surface area contributed by atoms with Crippen molar-refractivity contribution in [3.05, 3.63) is 77.7 Å². The van der Waals surface area contributed by atoms with E-state index in [1.54, 1.807) is 0 Å². The molecule has 0 atom stereocenters. The maximum Gasteiger partial charge on any atom is 0.226 e. The summed E-state index contributed by atoms with van der Waals surface area (Å²) in [5.74, 6) is 0.317. The van der Waals surface area contributed by atoms with E-state index >= 15 is 0 Å². The van der Waals surface area contributed by atoms with Crippen LogP contribution in [0.2, 0.25) is 0 Å². The fraction of sp³-hybridized carbons (Fsp3) is 0.167. The van der Waals surface area contributed by atoms with Gasteiger partial charge in [-0.2, -0.15) is 0 Å². The summed E-state index contributed by atoms with van der Waals surface area (Å²) >= 11 is 0. The van der Waals surface area contributed by atoms with Gasteiger partial charge in [0, 0.05) is 5.56 Å². The van der Waals surface area contributed by atoms with Crippen LogP contribution in [0.15, 0.2) is 65.3 Å². The van der Waals surface area contributed by atoms with Crippen molar-refractivity contribution in [2.24, 2.45) is 0 Å². The van der Waals surface area contributed by atoms with Crippen LogP contribution in [-0.4, -0.2) is 13.4 Å². The Hall–Kier alpha value is -2.40. The van der Waals surface area contributed by atoms with Crippen molar-refractivity contribution < 1.29 is 12.8 Å². The lowest BCUT2D eigenvalue weighted by Crippen LogP contribution is -2.08. The summed E-state index contributed by atoms with van der Waals surface area (Å²) in [6, 6.07) is 16.9. The number of sulfone groups is 1. The molecule has 3 aromatic rings. The maximum atomic E-state index is 12.4. The quantitative estimate of drug-likeness (QED) is 0.716. The van der Waals surface area contributed by atoms with Crippen LogP contribution in [0.3, 0.4) is 0 Å². The Morgan fingerprint density at radius 3 is 2.39 bits per heavy atom. The Labute approximate surface area is 135 Å². The summed E-state index contributed by atoms with van der Waals surface area (Å²) in [4.78, 5) is 4.28. The van der Waals surface area contributed by atoms with Crippen molar-refractivity contribution in [2.45, 2.75) is 18.4 Å². The first-order valence-electron chi connectivity index (χ1n) is 7.28. The summed E-state index contributed by atoms with van der Waals surface area (Å²) in [6.07, 6.45) is 1.41. The summed E-state index contributed by atoms with van der Waals surface area (Å²) in [5.41, 5.74) is 3.05. The first kappa shape index (κ1) is 15.5. The van der Waals surface area contributed by atoms with E-state index in [0.717, 1.165) is 16.7 Å². The highest BCUT2D eigenvalue weighted by Gasteiger charge is 2.17. The lowest BCUT2D eigenvalue weighted by Gasteiger charge is -2.05. The van der Waals surface area contributed by atoms with Gasteiger partial charge < -0.3 is 4.42 Å². The molecule has 0 saturated heterocycles. The second-order valence-corrected chi connectivity index (χ2v) is 7.53. The number of hydrogen-bond acceptors (Lipinski definition) is 4. The van der Waals surface area contributed by atoms with Crippen LogP contribution in [0, 0.1) is 6.92 Å². The van der Waals surface area contributed by atoms with Crippen LogP contribution in [0.5, 0.6) is 0 Å². The van der Waals surface area contributed by atoms with Gasteiger partial charge in [0.15, 0.2) is 9.84 Å². The highest BCUT2D eigenvalue weighted by Crippen LogP contribution is 2.20. The van der Waals surface area contributed by atoms with Gasteiger partial charge in [0.2, 0.25) is 5.89 Å². The number of oxazole rings is 1. The zero-order valence-corrected chi connectivity index (χ0v) is 13.6. The minimum Gasteiger partial charge on any atom is -0.444 e. The van der Waals surface area contributed by atoms with E-state index < -0.39 is 9.84 Å². The summed E-state index contributed by atoms with van der Waals surface area (Å²) in [5, 5.41) is 0. The standard InChI is InChI=1S/C18H17NO3S/c1-14-7-5-6-10-16(14)12-23(20,21)13-17-11-22-18(19-17)15-8-3-2-4-9-15/h2-11H,12-13H2,1H3. The minimum atomic E-state index is -3.30. The van der Waals surface area contributed by atoms with Crippen molar-refractivity contribution in [1.29, 1.82) is 0 Å². The normalized spacial score (nSPS) is 11.5. The van der Waals surface area contributed by atoms with Crippen molar-refractivity contribution in [2.75, 3.05) is 0 Å². The predicted molar refractivity (Wildman–Crippen MR) is 89.4 cm³/mol. The highest BCUT2D eigenvalue weighted by atomic mass is 32.2. The molecule has 0 radical (unpaired) electrons. The maximum absolute atomic E-state index is 12.4. The molecular formula is C18H17NO3S. The van der Waals surface area contributed by atoms with Gasteiger partial charge >= 0.3 is 0 Å². The van der Waals surface area contributed by atoms with Gasteiger partial charge in [0.1, 0.15) is 6.26 Å². The van der Waals surface area contributed by atoms with Gasteiger partial charge in [-0.05, 0) is 30.2 Å². The summed E-state index contributed by atoms with van der Waals surface area (Å²) in [6.45, 7) is 1.91. The molecule has 0 unspecified atom stereocenters. The molecule has 3 rings (SSSR count). The van der Waals surface area contributed by atoms with E-state index in [0.29, 0.717) is 11.6 Å². The van der Waals surface area contributed by atoms with Gasteiger partial charge in [0.05, 0.1) is 17.2 Å². The molecule has 2 aromatic carbocycles. The highest BCUT2D eigenvalue weighted by molar-refractivity contribution is 7.89. The van der Waals surface area contributed by atoms with Crippen molar-refractivity contribution in [3.63, 3.8) is 0 Å². The van der Waals surface area contributed by atoms with Crippen LogP contribution >= 0.6 is 0 Å². The molecule has 1 heterocycles. The zero-order valence-electron chi connectivity index (χ0n) is 12.8. The first-order chi connectivity index (χ1) is 11.0. The number of benzene rings is 2. The third-order valence-electron chi connectivity index (χ3n) is 3.58. The zero-order chi connectivity index (χ0) is 16.3. The van der Waals surface area contributed by atoms with Crippen molar-refractivity contribution >= 4 is 9.84 Å². The number of hydrogen-bond donors (Lipinski definition) is 0. The minimum absolute atomic E-state index is 0.00715. The van der Waals surface area contributed by atoms with E-state index in [9.17, 15) is 8.42 Å². The Kier molecular flexibility index (Phi) is 4.30. The van der Waals surface area contributed by atoms with Crippen LogP contribution < -0.4 is 0 Å². The lowest BCUT2D eigenvalue weighted by molar-refractivity contribution is 0.571. The molecule has 0 amide bonds. The topological polar surface area (TPSA) is 60.2 Å². The van der Waals surface area contributed by atoms with Gasteiger partial charge in [-0.1, -0.05) is 42.5 Å². The van der Waals surface area contributed by atoms with Gasteiger partial charge in [-0.15, -0.1) is 0 Å². The van der Waals surface area contributed by atoms with Gasteiger partial charge in [-0.25, -0.2) is 13.4 Å². The van der Waals surface area contributed by atoms with Crippen molar-refractivity contribution in [1.82, 2.24) is 4.98 Å². The average molecular weight is 327 g/mol. The molecule has 0 N–H and O–H groups in total. The molecule has 118 valence electrons. The molecule has 4 nitrogen and oxygen atoms in total. The van der Waals surface area contributed by atoms with Crippen LogP contribution in [0.25, 0.3) is 11.5 Å². The Morgan fingerprint density at radius 1 is 0.957 bits per heavy atom. The molecule has 0 bridgehead atoms. The van der Waals surface area contributed by atoms with Crippen LogP contribution in [-0.2, 0) is 21.3 Å². The van der Waals surface area contributed by atoms with Crippen LogP contribution in [0.1, 0.15) is 16.8 Å². The first-order valence-corrected chi connectivity index (χ1v) is 9.10. The number of rotatable bonds is 5. The summed E-state index contributed by atoms with van der Waals surface area (Å²) < 4.78 is 30.2. The fourth-order valence-corrected chi connectivity index (χ4v) is 3.85. The van der Waals surface area contributed by atoms with E-state index in [-0.39, 0.29) is 11.5 Å². The lowest BCUT2D eigenvalue weighted by atomic mass is 10.1. The van der Waals surface area contributed by atoms with E-state index in [2.05, 4.69) is 4.98 Å². The average Bonchev–Trinajstić information content (AvgIpc) is 2.98. The predicted octanol–water partition coefficient (Wildman–Crippen LogP) is 3.77. The third-order valence-corrected chi connectivity index (χ3v) is 5.06. The molecule has 0 fully saturated rings. The van der Waals surface area contributed by atoms with E-state index in [1.165, 1.54) is 6.26 Å². The second-order valence-electron chi connectivity index (χ2n) is 5.47. The number of aromatic nitrogens is 1. The molecule has 23 heavy (non-hydrogen) atoms. The largest absolute Gasteiger partial charge is 0.444 e. The molecule has 0 aliphatic heterocycles. The molecule has 0 aliphatic rings. The van der Waals surface area contributed by atoms with Crippen molar-refractivity contribution in [3.8, 4) is 11.5 Å². The molecule has 0 aliphatic carbocycles. The molecule has 5 heteroatoms. The molecular weight excluding hydrogens is 310 g/mol. The number of nitrogens with zero attached hydrogens (tertiary/aromatic N) is 1. The van der Waals surface area contributed by atoms with Gasteiger partial charge in [-0.3, -0.25) is 0 Å². The van der Waals surface area contributed by atoms with E-state index in [4.69, 9.17) is 4.42 Å². The van der Waals surface area contributed by atoms with Gasteiger partial charge in [0.25, 0.3) is 0 Å². The number of aryl methyl sites for hydroxylation is 1. The Bertz CT molecular complexity index is 899. The Balaban J connectivity index is 1.77. The molecule has 1 aromatic heterocycles. The van der Waals surface area contributed by atoms with E-state index in [1.807, 2.05) is 61.5 Å². The SMILES string of the molecule is Cc1ccccc1CS(=O)(=O)Cc1coc(-c2ccccc2)n1. The Morgan fingerprint density at radius 2 is 1.65 bits per heavy atom. The third kappa shape index (κ3) is 3.87. The smallest absolute Gasteiger partial charge is 0.226 e. The summed E-state index contributed by atoms with van der Waals surface area (Å²) in [7, 11) is -3.30. The molecule has 0 spiro atoms. The fourth-order valence-electron chi connectivity index (χ4n) is 2.37. The monoisotopic (exact) mass is 327 g/mol. The van der Waals surface area contributed by atoms with Crippen LogP contribution in [0.4, 0.5) is 0 Å². The molecule has 0 saturated carbocycles.